The Balaban J connectivity index is 1.68. The van der Waals surface area contributed by atoms with Crippen LogP contribution in [0.5, 0.6) is 0 Å². The number of nitrogens with one attached hydrogen (secondary N) is 1. The molecule has 40 heavy (non-hydrogen) atoms. The number of thiophene rings is 1. The number of nitrogens with zero attached hydrogens (tertiary/aromatic N) is 1. The number of amides is 2. The molecule has 218 valence electrons. The van der Waals surface area contributed by atoms with Crippen LogP contribution >= 0.6 is 11.3 Å². The summed E-state index contributed by atoms with van der Waals surface area (Å²) in [6.07, 6.45) is 4.57. The standard InChI is InChI=1S/C26H33N3O9S2/c1-16-21(26(33)37-13-12-36-3)24(39-22(16)23(27)31)28-20(30)15-38-25(32)17-8-7-11-19(14-17)40(34,35)29(2)18-9-5-4-6-10-18/h7-8,11,14,18H,4-6,9-10,12-13,15H2,1-3H3,(H2,27,31)(H,28,30). The summed E-state index contributed by atoms with van der Waals surface area (Å²) in [5.41, 5.74) is 5.53. The van der Waals surface area contributed by atoms with Crippen LogP contribution in [0.4, 0.5) is 5.00 Å². The Morgan fingerprint density at radius 3 is 2.42 bits per heavy atom. The average molecular weight is 596 g/mol. The van der Waals surface area contributed by atoms with E-state index in [1.165, 1.54) is 49.7 Å². The van der Waals surface area contributed by atoms with Crippen molar-refractivity contribution in [1.29, 1.82) is 0 Å². The highest BCUT2D eigenvalue weighted by Crippen LogP contribution is 2.33. The van der Waals surface area contributed by atoms with Crippen molar-refractivity contribution in [2.45, 2.75) is 50.0 Å². The number of rotatable bonds is 12. The summed E-state index contributed by atoms with van der Waals surface area (Å²) in [6, 6.07) is 5.33. The molecule has 3 rings (SSSR count). The molecule has 1 fully saturated rings. The quantitative estimate of drug-likeness (QED) is 0.276. The molecule has 3 N–H and O–H groups in total. The molecule has 0 bridgehead atoms. The molecule has 0 atom stereocenters. The van der Waals surface area contributed by atoms with Crippen molar-refractivity contribution in [1.82, 2.24) is 4.31 Å². The van der Waals surface area contributed by atoms with Crippen molar-refractivity contribution >= 4 is 50.1 Å². The van der Waals surface area contributed by atoms with E-state index in [4.69, 9.17) is 19.9 Å². The highest BCUT2D eigenvalue weighted by atomic mass is 32.2. The number of primary amides is 1. The molecule has 1 aliphatic rings. The molecule has 2 aromatic rings. The van der Waals surface area contributed by atoms with Crippen LogP contribution in [0.25, 0.3) is 0 Å². The van der Waals surface area contributed by atoms with Crippen molar-refractivity contribution in [3.05, 3.63) is 45.8 Å². The SMILES string of the molecule is COCCOC(=O)c1c(NC(=O)COC(=O)c2cccc(S(=O)(=O)N(C)C3CCCCC3)c2)sc(C(N)=O)c1C. The van der Waals surface area contributed by atoms with Crippen molar-refractivity contribution in [3.63, 3.8) is 0 Å². The summed E-state index contributed by atoms with van der Waals surface area (Å²) in [4.78, 5) is 49.6. The molecule has 0 saturated heterocycles. The van der Waals surface area contributed by atoms with Gasteiger partial charge in [-0.3, -0.25) is 9.59 Å². The predicted octanol–water partition coefficient (Wildman–Crippen LogP) is 2.71. The number of esters is 2. The molecular weight excluding hydrogens is 562 g/mol. The number of hydrogen-bond donors (Lipinski definition) is 2. The Kier molecular flexibility index (Phi) is 10.8. The van der Waals surface area contributed by atoms with E-state index in [0.29, 0.717) is 0 Å². The molecule has 0 aliphatic heterocycles. The molecule has 2 amide bonds. The van der Waals surface area contributed by atoms with E-state index < -0.39 is 40.4 Å². The van der Waals surface area contributed by atoms with E-state index in [0.717, 1.165) is 43.4 Å². The van der Waals surface area contributed by atoms with Crippen LogP contribution in [0.2, 0.25) is 0 Å². The second kappa shape index (κ2) is 13.8. The summed E-state index contributed by atoms with van der Waals surface area (Å²) in [5.74, 6) is -3.28. The molecule has 1 aromatic heterocycles. The Morgan fingerprint density at radius 2 is 1.77 bits per heavy atom. The number of nitrogens with two attached hydrogens (primary N) is 1. The number of carbonyl (C=O) groups is 4. The van der Waals surface area contributed by atoms with Gasteiger partial charge >= 0.3 is 11.9 Å². The summed E-state index contributed by atoms with van der Waals surface area (Å²) < 4.78 is 42.7. The maximum Gasteiger partial charge on any atom is 0.341 e. The van der Waals surface area contributed by atoms with E-state index in [1.54, 1.807) is 0 Å². The molecule has 0 unspecified atom stereocenters. The predicted molar refractivity (Wildman–Crippen MR) is 147 cm³/mol. The van der Waals surface area contributed by atoms with Gasteiger partial charge < -0.3 is 25.3 Å². The van der Waals surface area contributed by atoms with Gasteiger partial charge in [-0.1, -0.05) is 25.3 Å². The zero-order valence-electron chi connectivity index (χ0n) is 22.6. The topological polar surface area (TPSA) is 171 Å². The lowest BCUT2D eigenvalue weighted by Crippen LogP contribution is -2.38. The Labute approximate surface area is 236 Å². The normalized spacial score (nSPS) is 14.1. The fourth-order valence-electron chi connectivity index (χ4n) is 4.34. The largest absolute Gasteiger partial charge is 0.460 e. The van der Waals surface area contributed by atoms with Crippen molar-refractivity contribution in [3.8, 4) is 0 Å². The minimum absolute atomic E-state index is 0.00797. The Morgan fingerprint density at radius 1 is 1.07 bits per heavy atom. The summed E-state index contributed by atoms with van der Waals surface area (Å²) in [7, 11) is -0.861. The van der Waals surface area contributed by atoms with E-state index in [-0.39, 0.29) is 50.7 Å². The van der Waals surface area contributed by atoms with Gasteiger partial charge in [-0.05, 0) is 43.5 Å². The van der Waals surface area contributed by atoms with Gasteiger partial charge in [-0.2, -0.15) is 4.31 Å². The number of ether oxygens (including phenoxy) is 3. The highest BCUT2D eigenvalue weighted by Gasteiger charge is 2.30. The molecule has 12 nitrogen and oxygen atoms in total. The monoisotopic (exact) mass is 595 g/mol. The Hall–Kier alpha value is -3.33. The van der Waals surface area contributed by atoms with Gasteiger partial charge in [0.15, 0.2) is 6.61 Å². The summed E-state index contributed by atoms with van der Waals surface area (Å²) in [6.45, 7) is 0.853. The number of carbonyl (C=O) groups excluding carboxylic acids is 4. The van der Waals surface area contributed by atoms with E-state index >= 15 is 0 Å². The minimum Gasteiger partial charge on any atom is -0.460 e. The van der Waals surface area contributed by atoms with Crippen LogP contribution in [0.1, 0.15) is 68.1 Å². The number of methoxy groups -OCH3 is 1. The molecule has 1 aromatic carbocycles. The maximum atomic E-state index is 13.2. The first-order chi connectivity index (χ1) is 19.0. The first kappa shape index (κ1) is 31.2. The van der Waals surface area contributed by atoms with Gasteiger partial charge in [-0.25, -0.2) is 18.0 Å². The third kappa shape index (κ3) is 7.44. The molecule has 1 saturated carbocycles. The van der Waals surface area contributed by atoms with E-state index in [9.17, 15) is 27.6 Å². The third-order valence-corrected chi connectivity index (χ3v) is 9.65. The second-order valence-electron chi connectivity index (χ2n) is 9.22. The van der Waals surface area contributed by atoms with Crippen molar-refractivity contribution in [2.24, 2.45) is 5.73 Å². The van der Waals surface area contributed by atoms with Crippen LogP contribution in [-0.4, -0.2) is 76.5 Å². The van der Waals surface area contributed by atoms with Gasteiger partial charge in [0.05, 0.1) is 27.5 Å². The lowest BCUT2D eigenvalue weighted by molar-refractivity contribution is -0.119. The van der Waals surface area contributed by atoms with Gasteiger partial charge in [0.1, 0.15) is 11.6 Å². The lowest BCUT2D eigenvalue weighted by Gasteiger charge is -2.30. The molecule has 0 spiro atoms. The first-order valence-corrected chi connectivity index (χ1v) is 14.9. The Bertz CT molecular complexity index is 1370. The van der Waals surface area contributed by atoms with Gasteiger partial charge in [0, 0.05) is 20.2 Å². The van der Waals surface area contributed by atoms with Crippen LogP contribution in [0.3, 0.4) is 0 Å². The van der Waals surface area contributed by atoms with Gasteiger partial charge in [-0.15, -0.1) is 11.3 Å². The van der Waals surface area contributed by atoms with Crippen molar-refractivity contribution < 1.29 is 41.8 Å². The second-order valence-corrected chi connectivity index (χ2v) is 12.2. The number of benzene rings is 1. The molecular formula is C26H33N3O9S2. The smallest absolute Gasteiger partial charge is 0.341 e. The van der Waals surface area contributed by atoms with Crippen molar-refractivity contribution in [2.75, 3.05) is 39.3 Å². The number of hydrogen-bond acceptors (Lipinski definition) is 10. The molecule has 1 heterocycles. The van der Waals surface area contributed by atoms with Crippen LogP contribution in [0.15, 0.2) is 29.2 Å². The lowest BCUT2D eigenvalue weighted by atomic mass is 9.96. The third-order valence-electron chi connectivity index (χ3n) is 6.52. The fraction of sp³-hybridized carbons (Fsp3) is 0.462. The summed E-state index contributed by atoms with van der Waals surface area (Å²) >= 11 is 0.789. The van der Waals surface area contributed by atoms with Crippen LogP contribution < -0.4 is 11.1 Å². The maximum absolute atomic E-state index is 13.2. The zero-order chi connectivity index (χ0) is 29.4. The minimum atomic E-state index is -3.84. The number of anilines is 1. The molecule has 14 heteroatoms. The molecule has 1 aliphatic carbocycles. The highest BCUT2D eigenvalue weighted by molar-refractivity contribution is 7.89. The number of sulfonamides is 1. The van der Waals surface area contributed by atoms with E-state index in [2.05, 4.69) is 5.32 Å². The fourth-order valence-corrected chi connectivity index (χ4v) is 6.87. The average Bonchev–Trinajstić information content (AvgIpc) is 3.27. The first-order valence-electron chi connectivity index (χ1n) is 12.6. The van der Waals surface area contributed by atoms with Crippen LogP contribution in [0, 0.1) is 6.92 Å². The summed E-state index contributed by atoms with van der Waals surface area (Å²) in [5, 5.41) is 2.46. The van der Waals surface area contributed by atoms with Crippen LogP contribution in [-0.2, 0) is 29.0 Å². The zero-order valence-corrected chi connectivity index (χ0v) is 24.2. The van der Waals surface area contributed by atoms with Gasteiger partial charge in [0.25, 0.3) is 11.8 Å². The van der Waals surface area contributed by atoms with Gasteiger partial charge in [0.2, 0.25) is 10.0 Å². The van der Waals surface area contributed by atoms with E-state index in [1.807, 2.05) is 0 Å². The molecule has 0 radical (unpaired) electrons.